The van der Waals surface area contributed by atoms with Crippen molar-refractivity contribution >= 4 is 5.69 Å². The van der Waals surface area contributed by atoms with Crippen LogP contribution in [-0.2, 0) is 0 Å². The largest absolute Gasteiger partial charge is 0.490 e. The highest BCUT2D eigenvalue weighted by Gasteiger charge is 2.22. The highest BCUT2D eigenvalue weighted by molar-refractivity contribution is 5.50. The molecular weight excluding hydrogens is 359 g/mol. The summed E-state index contributed by atoms with van der Waals surface area (Å²) >= 11 is 0. The first-order valence-electron chi connectivity index (χ1n) is 8.88. The van der Waals surface area contributed by atoms with Gasteiger partial charge in [-0.3, -0.25) is 15.4 Å². The summed E-state index contributed by atoms with van der Waals surface area (Å²) in [6.45, 7) is 2.02. The van der Waals surface area contributed by atoms with Crippen molar-refractivity contribution in [2.45, 2.75) is 19.0 Å². The Labute approximate surface area is 162 Å². The third kappa shape index (κ3) is 4.35. The van der Waals surface area contributed by atoms with Crippen molar-refractivity contribution in [2.24, 2.45) is 0 Å². The minimum Gasteiger partial charge on any atom is -0.490 e. The molecule has 2 atom stereocenters. The maximum Gasteiger partial charge on any atom is 0.311 e. The fraction of sp³-hybridized carbons (Fsp3) is 0.182. The molecule has 3 aromatic rings. The van der Waals surface area contributed by atoms with Crippen molar-refractivity contribution in [3.8, 4) is 5.75 Å². The number of ether oxygens (including phenoxy) is 1. The van der Waals surface area contributed by atoms with Gasteiger partial charge in [0.25, 0.3) is 0 Å². The van der Waals surface area contributed by atoms with Crippen LogP contribution in [-0.4, -0.2) is 12.0 Å². The number of nitrogens with zero attached hydrogens (tertiary/aromatic N) is 1. The lowest BCUT2D eigenvalue weighted by molar-refractivity contribution is -0.385. The first kappa shape index (κ1) is 19.5. The zero-order valence-electron chi connectivity index (χ0n) is 15.6. The van der Waals surface area contributed by atoms with E-state index in [0.29, 0.717) is 5.56 Å². The van der Waals surface area contributed by atoms with Crippen LogP contribution in [0, 0.1) is 15.9 Å². The molecule has 0 radical (unpaired) electrons. The third-order valence-electron chi connectivity index (χ3n) is 4.65. The van der Waals surface area contributed by atoms with Gasteiger partial charge in [-0.1, -0.05) is 48.5 Å². The molecule has 0 aliphatic rings. The second kappa shape index (κ2) is 8.63. The molecule has 0 spiro atoms. The van der Waals surface area contributed by atoms with Gasteiger partial charge in [0.05, 0.1) is 18.1 Å². The minimum atomic E-state index is -0.468. The Bertz CT molecular complexity index is 946. The molecule has 0 aliphatic carbocycles. The monoisotopic (exact) mass is 380 g/mol. The summed E-state index contributed by atoms with van der Waals surface area (Å²) in [7, 11) is 1.40. The van der Waals surface area contributed by atoms with Crippen LogP contribution in [0.5, 0.6) is 5.75 Å². The van der Waals surface area contributed by atoms with Gasteiger partial charge in [-0.25, -0.2) is 4.39 Å². The van der Waals surface area contributed by atoms with Crippen molar-refractivity contribution in [3.63, 3.8) is 0 Å². The van der Waals surface area contributed by atoms with Crippen molar-refractivity contribution < 1.29 is 14.1 Å². The SMILES string of the molecule is COc1ccc(C(N[C@@H](C)c2ccccc2)c2ccc(F)cc2)cc1[N+](=O)[O-]. The summed E-state index contributed by atoms with van der Waals surface area (Å²) in [4.78, 5) is 11.0. The van der Waals surface area contributed by atoms with E-state index in [1.165, 1.54) is 25.3 Å². The number of nitrogens with one attached hydrogen (secondary N) is 1. The molecular formula is C22H21FN2O3. The lowest BCUT2D eigenvalue weighted by Gasteiger charge is -2.25. The number of benzene rings is 3. The number of hydrogen-bond acceptors (Lipinski definition) is 4. The van der Waals surface area contributed by atoms with Crippen LogP contribution in [0.2, 0.25) is 0 Å². The standard InChI is InChI=1S/C22H21FN2O3/c1-15(16-6-4-3-5-7-16)24-22(17-8-11-19(23)12-9-17)18-10-13-21(28-2)20(14-18)25(26)27/h3-15,22,24H,1-2H3/t15-,22?/m0/s1. The summed E-state index contributed by atoms with van der Waals surface area (Å²) < 4.78 is 18.5. The van der Waals surface area contributed by atoms with Gasteiger partial charge >= 0.3 is 5.69 Å². The van der Waals surface area contributed by atoms with E-state index in [0.717, 1.165) is 11.1 Å². The normalized spacial score (nSPS) is 13.0. The Morgan fingerprint density at radius 2 is 1.61 bits per heavy atom. The molecule has 3 aromatic carbocycles. The molecule has 0 fully saturated rings. The quantitative estimate of drug-likeness (QED) is 0.453. The van der Waals surface area contributed by atoms with Crippen molar-refractivity contribution in [1.82, 2.24) is 5.32 Å². The molecule has 0 amide bonds. The average molecular weight is 380 g/mol. The van der Waals surface area contributed by atoms with Gasteiger partial charge in [0.1, 0.15) is 5.82 Å². The zero-order valence-corrected chi connectivity index (χ0v) is 15.6. The molecule has 0 aromatic heterocycles. The van der Waals surface area contributed by atoms with Crippen LogP contribution in [0.4, 0.5) is 10.1 Å². The number of nitro groups is 1. The van der Waals surface area contributed by atoms with Gasteiger partial charge in [0.15, 0.2) is 5.75 Å². The summed E-state index contributed by atoms with van der Waals surface area (Å²) in [5, 5.41) is 14.9. The molecule has 0 saturated heterocycles. The fourth-order valence-electron chi connectivity index (χ4n) is 3.16. The zero-order chi connectivity index (χ0) is 20.1. The van der Waals surface area contributed by atoms with Crippen LogP contribution in [0.1, 0.15) is 35.7 Å². The number of rotatable bonds is 7. The molecule has 6 heteroatoms. The predicted octanol–water partition coefficient (Wildman–Crippen LogP) is 5.18. The van der Waals surface area contributed by atoms with E-state index in [9.17, 15) is 14.5 Å². The Morgan fingerprint density at radius 1 is 0.964 bits per heavy atom. The van der Waals surface area contributed by atoms with Crippen LogP contribution in [0.15, 0.2) is 72.8 Å². The van der Waals surface area contributed by atoms with Crippen LogP contribution < -0.4 is 10.1 Å². The first-order valence-corrected chi connectivity index (χ1v) is 8.88. The number of halogens is 1. The number of hydrogen-bond donors (Lipinski definition) is 1. The third-order valence-corrected chi connectivity index (χ3v) is 4.65. The highest BCUT2D eigenvalue weighted by atomic mass is 19.1. The van der Waals surface area contributed by atoms with Gasteiger partial charge < -0.3 is 4.74 Å². The lowest BCUT2D eigenvalue weighted by Crippen LogP contribution is -2.25. The smallest absolute Gasteiger partial charge is 0.311 e. The molecule has 28 heavy (non-hydrogen) atoms. The summed E-state index contributed by atoms with van der Waals surface area (Å²) in [5.41, 5.74) is 2.48. The minimum absolute atomic E-state index is 0.0302. The molecule has 5 nitrogen and oxygen atoms in total. The van der Waals surface area contributed by atoms with Gasteiger partial charge in [0, 0.05) is 12.1 Å². The molecule has 0 bridgehead atoms. The Kier molecular flexibility index (Phi) is 6.01. The maximum atomic E-state index is 13.4. The Morgan fingerprint density at radius 3 is 2.21 bits per heavy atom. The van der Waals surface area contributed by atoms with E-state index in [-0.39, 0.29) is 29.3 Å². The average Bonchev–Trinajstić information content (AvgIpc) is 2.72. The summed E-state index contributed by atoms with van der Waals surface area (Å²) in [6, 6.07) is 20.5. The van der Waals surface area contributed by atoms with Crippen molar-refractivity contribution in [1.29, 1.82) is 0 Å². The Hall–Kier alpha value is -3.25. The summed E-state index contributed by atoms with van der Waals surface area (Å²) in [6.07, 6.45) is 0. The van der Waals surface area contributed by atoms with E-state index >= 15 is 0 Å². The first-order chi connectivity index (χ1) is 13.5. The van der Waals surface area contributed by atoms with Crippen LogP contribution >= 0.6 is 0 Å². The molecule has 0 aliphatic heterocycles. The maximum absolute atomic E-state index is 13.4. The lowest BCUT2D eigenvalue weighted by atomic mass is 9.96. The second-order valence-corrected chi connectivity index (χ2v) is 6.47. The van der Waals surface area contributed by atoms with Crippen molar-refractivity contribution in [3.05, 3.63) is 105 Å². The van der Waals surface area contributed by atoms with E-state index in [4.69, 9.17) is 4.74 Å². The fourth-order valence-corrected chi connectivity index (χ4v) is 3.16. The summed E-state index contributed by atoms with van der Waals surface area (Å²) in [5.74, 6) is -0.137. The van der Waals surface area contributed by atoms with Crippen LogP contribution in [0.25, 0.3) is 0 Å². The van der Waals surface area contributed by atoms with E-state index in [1.54, 1.807) is 24.3 Å². The van der Waals surface area contributed by atoms with Gasteiger partial charge in [0.2, 0.25) is 0 Å². The molecule has 3 rings (SSSR count). The topological polar surface area (TPSA) is 64.4 Å². The highest BCUT2D eigenvalue weighted by Crippen LogP contribution is 2.33. The van der Waals surface area contributed by atoms with E-state index in [1.807, 2.05) is 37.3 Å². The van der Waals surface area contributed by atoms with Crippen molar-refractivity contribution in [2.75, 3.05) is 7.11 Å². The van der Waals surface area contributed by atoms with Gasteiger partial charge in [-0.2, -0.15) is 0 Å². The molecule has 0 heterocycles. The predicted molar refractivity (Wildman–Crippen MR) is 106 cm³/mol. The van der Waals surface area contributed by atoms with Crippen LogP contribution in [0.3, 0.4) is 0 Å². The van der Waals surface area contributed by atoms with Gasteiger partial charge in [-0.15, -0.1) is 0 Å². The van der Waals surface area contributed by atoms with Gasteiger partial charge in [-0.05, 0) is 41.8 Å². The number of nitro benzene ring substituents is 1. The Balaban J connectivity index is 2.02. The second-order valence-electron chi connectivity index (χ2n) is 6.47. The van der Waals surface area contributed by atoms with E-state index < -0.39 is 4.92 Å². The van der Waals surface area contributed by atoms with E-state index in [2.05, 4.69) is 5.32 Å². The molecule has 1 unspecified atom stereocenters. The molecule has 1 N–H and O–H groups in total. The number of methoxy groups -OCH3 is 1. The molecule has 0 saturated carbocycles. The molecule has 144 valence electrons.